The Balaban J connectivity index is 1.35. The van der Waals surface area contributed by atoms with E-state index in [1.54, 1.807) is 0 Å². The molecule has 0 saturated carbocycles. The number of aromatic nitrogens is 1. The Kier molecular flexibility index (Phi) is 4.06. The average Bonchev–Trinajstić information content (AvgIpc) is 3.21. The van der Waals surface area contributed by atoms with Gasteiger partial charge in [-0.3, -0.25) is 4.79 Å². The minimum atomic E-state index is 0.0438. The zero-order valence-electron chi connectivity index (χ0n) is 14.1. The number of H-pyrrole nitrogens is 1. The number of fused-ring (bicyclic) bond motifs is 2. The third-order valence-corrected chi connectivity index (χ3v) is 4.56. The Bertz CT molecular complexity index is 930. The first-order chi connectivity index (χ1) is 12.2. The summed E-state index contributed by atoms with van der Waals surface area (Å²) < 4.78 is 10.7. The summed E-state index contributed by atoms with van der Waals surface area (Å²) in [4.78, 5) is 15.6. The van der Waals surface area contributed by atoms with Gasteiger partial charge in [-0.1, -0.05) is 24.3 Å². The number of rotatable bonds is 5. The lowest BCUT2D eigenvalue weighted by Crippen LogP contribution is -2.23. The van der Waals surface area contributed by atoms with Crippen LogP contribution in [-0.4, -0.2) is 17.7 Å². The van der Waals surface area contributed by atoms with Crippen molar-refractivity contribution in [2.24, 2.45) is 0 Å². The molecular weight excluding hydrogens is 316 g/mol. The number of hydrogen-bond donors (Lipinski definition) is 2. The number of hydrogen-bond acceptors (Lipinski definition) is 3. The van der Waals surface area contributed by atoms with Gasteiger partial charge in [0.1, 0.15) is 0 Å². The van der Waals surface area contributed by atoms with Crippen LogP contribution in [0.4, 0.5) is 0 Å². The van der Waals surface area contributed by atoms with Crippen LogP contribution in [0.2, 0.25) is 0 Å². The summed E-state index contributed by atoms with van der Waals surface area (Å²) in [6.07, 6.45) is 1.19. The molecule has 5 nitrogen and oxygen atoms in total. The quantitative estimate of drug-likeness (QED) is 0.750. The van der Waals surface area contributed by atoms with E-state index in [4.69, 9.17) is 9.47 Å². The van der Waals surface area contributed by atoms with Gasteiger partial charge in [-0.25, -0.2) is 0 Å². The van der Waals surface area contributed by atoms with Crippen LogP contribution in [0.5, 0.6) is 11.5 Å². The molecule has 0 saturated heterocycles. The van der Waals surface area contributed by atoms with Crippen LogP contribution < -0.4 is 14.8 Å². The van der Waals surface area contributed by atoms with Gasteiger partial charge in [0.2, 0.25) is 12.7 Å². The van der Waals surface area contributed by atoms with Gasteiger partial charge in [-0.05, 0) is 42.7 Å². The fraction of sp³-hybridized carbons (Fsp3) is 0.250. The Morgan fingerprint density at radius 3 is 2.92 bits per heavy atom. The van der Waals surface area contributed by atoms with E-state index in [9.17, 15) is 4.79 Å². The number of aromatic amines is 1. The van der Waals surface area contributed by atoms with E-state index in [0.29, 0.717) is 13.0 Å². The van der Waals surface area contributed by atoms with Crippen LogP contribution in [0.15, 0.2) is 42.5 Å². The highest BCUT2D eigenvalue weighted by Crippen LogP contribution is 2.32. The maximum absolute atomic E-state index is 12.2. The number of para-hydroxylation sites is 1. The molecule has 2 N–H and O–H groups in total. The number of carbonyl (C=O) groups is 1. The average molecular weight is 336 g/mol. The molecule has 1 aliphatic heterocycles. The van der Waals surface area contributed by atoms with Crippen molar-refractivity contribution in [3.63, 3.8) is 0 Å². The highest BCUT2D eigenvalue weighted by molar-refractivity contribution is 5.85. The molecule has 3 aromatic rings. The van der Waals surface area contributed by atoms with Crippen molar-refractivity contribution in [1.82, 2.24) is 10.3 Å². The first-order valence-electron chi connectivity index (χ1n) is 8.42. The molecule has 0 atom stereocenters. The largest absolute Gasteiger partial charge is 0.454 e. The Hall–Kier alpha value is -2.95. The molecular formula is C20H20N2O3. The van der Waals surface area contributed by atoms with Gasteiger partial charge in [0, 0.05) is 29.6 Å². The number of aryl methyl sites for hydroxylation is 2. The normalized spacial score (nSPS) is 12.5. The van der Waals surface area contributed by atoms with Gasteiger partial charge < -0.3 is 19.8 Å². The van der Waals surface area contributed by atoms with Crippen LogP contribution in [0.3, 0.4) is 0 Å². The molecule has 0 spiro atoms. The third kappa shape index (κ3) is 3.18. The molecule has 1 aromatic heterocycles. The lowest BCUT2D eigenvalue weighted by atomic mass is 10.1. The molecule has 0 unspecified atom stereocenters. The van der Waals surface area contributed by atoms with Crippen molar-refractivity contribution in [2.45, 2.75) is 26.3 Å². The molecule has 25 heavy (non-hydrogen) atoms. The van der Waals surface area contributed by atoms with Gasteiger partial charge in [0.15, 0.2) is 11.5 Å². The van der Waals surface area contributed by atoms with E-state index in [1.807, 2.05) is 30.3 Å². The first-order valence-corrected chi connectivity index (χ1v) is 8.42. The molecule has 4 rings (SSSR count). The van der Waals surface area contributed by atoms with Crippen molar-refractivity contribution < 1.29 is 14.3 Å². The van der Waals surface area contributed by atoms with E-state index in [1.165, 1.54) is 10.9 Å². The lowest BCUT2D eigenvalue weighted by molar-refractivity contribution is -0.121. The van der Waals surface area contributed by atoms with Crippen LogP contribution in [0.1, 0.15) is 23.2 Å². The predicted octanol–water partition coefficient (Wildman–Crippen LogP) is 3.45. The molecule has 0 aliphatic carbocycles. The molecule has 0 radical (unpaired) electrons. The highest BCUT2D eigenvalue weighted by atomic mass is 16.7. The van der Waals surface area contributed by atoms with Gasteiger partial charge in [-0.2, -0.15) is 0 Å². The van der Waals surface area contributed by atoms with Crippen molar-refractivity contribution in [3.05, 3.63) is 59.3 Å². The summed E-state index contributed by atoms with van der Waals surface area (Å²) in [7, 11) is 0. The molecule has 0 fully saturated rings. The second kappa shape index (κ2) is 6.51. The van der Waals surface area contributed by atoms with Crippen molar-refractivity contribution >= 4 is 16.8 Å². The van der Waals surface area contributed by atoms with Gasteiger partial charge in [-0.15, -0.1) is 0 Å². The predicted molar refractivity (Wildman–Crippen MR) is 95.8 cm³/mol. The molecule has 1 aliphatic rings. The molecule has 2 aromatic carbocycles. The monoisotopic (exact) mass is 336 g/mol. The minimum absolute atomic E-state index is 0.0438. The van der Waals surface area contributed by atoms with Gasteiger partial charge >= 0.3 is 0 Å². The Morgan fingerprint density at radius 2 is 2.00 bits per heavy atom. The summed E-state index contributed by atoms with van der Waals surface area (Å²) in [6, 6.07) is 13.9. The maximum Gasteiger partial charge on any atom is 0.231 e. The Morgan fingerprint density at radius 1 is 1.16 bits per heavy atom. The highest BCUT2D eigenvalue weighted by Gasteiger charge is 2.14. The topological polar surface area (TPSA) is 63.4 Å². The van der Waals surface area contributed by atoms with Crippen LogP contribution in [0.25, 0.3) is 10.9 Å². The van der Waals surface area contributed by atoms with Crippen molar-refractivity contribution in [1.29, 1.82) is 0 Å². The summed E-state index contributed by atoms with van der Waals surface area (Å²) >= 11 is 0. The lowest BCUT2D eigenvalue weighted by Gasteiger charge is -2.07. The van der Waals surface area contributed by atoms with E-state index in [0.717, 1.165) is 34.7 Å². The number of ether oxygens (including phenoxy) is 2. The first kappa shape index (κ1) is 15.6. The molecule has 128 valence electrons. The molecule has 2 heterocycles. The summed E-state index contributed by atoms with van der Waals surface area (Å²) in [5.74, 6) is 1.54. The number of nitrogens with one attached hydrogen (secondary N) is 2. The minimum Gasteiger partial charge on any atom is -0.454 e. The van der Waals surface area contributed by atoms with Crippen LogP contribution in [0, 0.1) is 6.92 Å². The SMILES string of the molecule is Cc1[nH]c2ccccc2c1CCC(=O)NCc1ccc2c(c1)OCO2. The van der Waals surface area contributed by atoms with Gasteiger partial charge in [0.05, 0.1) is 0 Å². The van der Waals surface area contributed by atoms with Crippen LogP contribution >= 0.6 is 0 Å². The fourth-order valence-electron chi connectivity index (χ4n) is 3.24. The smallest absolute Gasteiger partial charge is 0.231 e. The third-order valence-electron chi connectivity index (χ3n) is 4.56. The second-order valence-electron chi connectivity index (χ2n) is 6.24. The van der Waals surface area contributed by atoms with E-state index < -0.39 is 0 Å². The molecule has 5 heteroatoms. The summed E-state index contributed by atoms with van der Waals surface area (Å²) in [5, 5.41) is 4.17. The molecule has 0 bridgehead atoms. The Labute approximate surface area is 146 Å². The zero-order valence-corrected chi connectivity index (χ0v) is 14.1. The number of benzene rings is 2. The standard InChI is InChI=1S/C20H20N2O3/c1-13-15(16-4-2-3-5-17(16)22-13)7-9-20(23)21-11-14-6-8-18-19(10-14)25-12-24-18/h2-6,8,10,22H,7,9,11-12H2,1H3,(H,21,23). The molecule has 1 amide bonds. The zero-order chi connectivity index (χ0) is 17.2. The van der Waals surface area contributed by atoms with Gasteiger partial charge in [0.25, 0.3) is 0 Å². The van der Waals surface area contributed by atoms with Crippen molar-refractivity contribution in [3.8, 4) is 11.5 Å². The second-order valence-corrected chi connectivity index (χ2v) is 6.24. The van der Waals surface area contributed by atoms with Crippen molar-refractivity contribution in [2.75, 3.05) is 6.79 Å². The van der Waals surface area contributed by atoms with E-state index >= 15 is 0 Å². The van der Waals surface area contributed by atoms with E-state index in [2.05, 4.69) is 29.4 Å². The summed E-state index contributed by atoms with van der Waals surface area (Å²) in [6.45, 7) is 2.80. The number of carbonyl (C=O) groups excluding carboxylic acids is 1. The number of amides is 1. The summed E-state index contributed by atoms with van der Waals surface area (Å²) in [5.41, 5.74) is 4.47. The maximum atomic E-state index is 12.2. The van der Waals surface area contributed by atoms with E-state index in [-0.39, 0.29) is 12.7 Å². The van der Waals surface area contributed by atoms with Crippen LogP contribution in [-0.2, 0) is 17.8 Å². The fourth-order valence-corrected chi connectivity index (χ4v) is 3.24.